The molecule has 0 radical (unpaired) electrons. The van der Waals surface area contributed by atoms with E-state index in [2.05, 4.69) is 20.3 Å². The van der Waals surface area contributed by atoms with E-state index >= 15 is 0 Å². The number of hydrogen-bond donors (Lipinski definition) is 0. The molecule has 0 fully saturated rings. The van der Waals surface area contributed by atoms with Gasteiger partial charge in [0.05, 0.1) is 13.7 Å². The number of esters is 1. The number of tetrazole rings is 1. The molecule has 0 saturated heterocycles. The van der Waals surface area contributed by atoms with Crippen molar-refractivity contribution in [3.63, 3.8) is 0 Å². The summed E-state index contributed by atoms with van der Waals surface area (Å²) in [7, 11) is 1.37. The average molecular weight is 278 g/mol. The number of carbonyl (C=O) groups is 1. The van der Waals surface area contributed by atoms with E-state index in [1.54, 1.807) is 11.6 Å². The summed E-state index contributed by atoms with van der Waals surface area (Å²) in [5.74, 6) is -0.292. The van der Waals surface area contributed by atoms with Gasteiger partial charge in [0, 0.05) is 0 Å². The van der Waals surface area contributed by atoms with Gasteiger partial charge < -0.3 is 4.74 Å². The molecule has 7 heteroatoms. The van der Waals surface area contributed by atoms with Crippen molar-refractivity contribution in [2.75, 3.05) is 7.11 Å². The molecule has 0 bridgehead atoms. The van der Waals surface area contributed by atoms with Crippen molar-refractivity contribution in [1.29, 1.82) is 0 Å². The summed E-state index contributed by atoms with van der Waals surface area (Å²) in [6.45, 7) is 2.34. The Morgan fingerprint density at radius 2 is 2.16 bits per heavy atom. The lowest BCUT2D eigenvalue weighted by Crippen LogP contribution is -2.16. The Bertz CT molecular complexity index is 544. The average Bonchev–Trinajstić information content (AvgIpc) is 2.86. The molecule has 19 heavy (non-hydrogen) atoms. The summed E-state index contributed by atoms with van der Waals surface area (Å²) >= 11 is 1.28. The van der Waals surface area contributed by atoms with E-state index in [1.807, 2.05) is 30.3 Å². The minimum absolute atomic E-state index is 0.292. The van der Waals surface area contributed by atoms with Gasteiger partial charge in [0.15, 0.2) is 0 Å². The van der Waals surface area contributed by atoms with Crippen LogP contribution in [0.5, 0.6) is 0 Å². The standard InChI is InChI=1S/C12H14N4O2S/c1-9(11(17)18-2)19-12-13-14-15-16(12)8-10-6-4-3-5-7-10/h3-7,9H,8H2,1-2H3. The second kappa shape index (κ2) is 6.33. The van der Waals surface area contributed by atoms with Crippen LogP contribution in [0.3, 0.4) is 0 Å². The predicted octanol–water partition coefficient (Wildman–Crippen LogP) is 1.37. The second-order valence-corrected chi connectivity index (χ2v) is 5.20. The van der Waals surface area contributed by atoms with Crippen molar-refractivity contribution in [2.24, 2.45) is 0 Å². The van der Waals surface area contributed by atoms with Crippen molar-refractivity contribution >= 4 is 17.7 Å². The molecule has 0 N–H and O–H groups in total. The van der Waals surface area contributed by atoms with Crippen LogP contribution >= 0.6 is 11.8 Å². The van der Waals surface area contributed by atoms with Gasteiger partial charge >= 0.3 is 5.97 Å². The number of rotatable bonds is 5. The van der Waals surface area contributed by atoms with Crippen molar-refractivity contribution in [1.82, 2.24) is 20.2 Å². The molecule has 6 nitrogen and oxygen atoms in total. The number of aromatic nitrogens is 4. The lowest BCUT2D eigenvalue weighted by molar-refractivity contribution is -0.139. The number of hydrogen-bond acceptors (Lipinski definition) is 6. The van der Waals surface area contributed by atoms with Gasteiger partial charge in [0.25, 0.3) is 0 Å². The molecular weight excluding hydrogens is 264 g/mol. The third-order valence-corrected chi connectivity index (χ3v) is 3.54. The molecule has 0 saturated carbocycles. The van der Waals surface area contributed by atoms with Crippen LogP contribution in [0.2, 0.25) is 0 Å². The van der Waals surface area contributed by atoms with E-state index in [4.69, 9.17) is 0 Å². The topological polar surface area (TPSA) is 69.9 Å². The third kappa shape index (κ3) is 3.54. The highest BCUT2D eigenvalue weighted by atomic mass is 32.2. The fourth-order valence-corrected chi connectivity index (χ4v) is 2.32. The van der Waals surface area contributed by atoms with Gasteiger partial charge in [-0.15, -0.1) is 5.10 Å². The van der Waals surface area contributed by atoms with Crippen molar-refractivity contribution in [3.05, 3.63) is 35.9 Å². The highest BCUT2D eigenvalue weighted by molar-refractivity contribution is 8.00. The van der Waals surface area contributed by atoms with Gasteiger partial charge in [-0.3, -0.25) is 4.79 Å². The Hall–Kier alpha value is -1.89. The first kappa shape index (κ1) is 13.5. The van der Waals surface area contributed by atoms with Crippen LogP contribution in [0, 0.1) is 0 Å². The monoisotopic (exact) mass is 278 g/mol. The molecule has 0 spiro atoms. The maximum absolute atomic E-state index is 11.4. The zero-order valence-corrected chi connectivity index (χ0v) is 11.5. The van der Waals surface area contributed by atoms with E-state index in [9.17, 15) is 4.79 Å². The number of thioether (sulfide) groups is 1. The quantitative estimate of drug-likeness (QED) is 0.608. The molecule has 0 amide bonds. The van der Waals surface area contributed by atoms with E-state index in [0.717, 1.165) is 5.56 Å². The normalized spacial score (nSPS) is 12.1. The van der Waals surface area contributed by atoms with Crippen molar-refractivity contribution in [3.8, 4) is 0 Å². The minimum Gasteiger partial charge on any atom is -0.468 e. The first-order chi connectivity index (χ1) is 9.20. The van der Waals surface area contributed by atoms with E-state index in [0.29, 0.717) is 11.7 Å². The number of methoxy groups -OCH3 is 1. The molecule has 1 atom stereocenters. The maximum atomic E-state index is 11.4. The van der Waals surface area contributed by atoms with Gasteiger partial charge in [-0.1, -0.05) is 42.1 Å². The molecule has 2 aromatic rings. The second-order valence-electron chi connectivity index (χ2n) is 3.89. The van der Waals surface area contributed by atoms with Crippen molar-refractivity contribution in [2.45, 2.75) is 23.9 Å². The first-order valence-electron chi connectivity index (χ1n) is 5.75. The number of benzene rings is 1. The van der Waals surface area contributed by atoms with Crippen LogP contribution in [-0.2, 0) is 16.1 Å². The fraction of sp³-hybridized carbons (Fsp3) is 0.333. The number of nitrogens with zero attached hydrogens (tertiary/aromatic N) is 4. The van der Waals surface area contributed by atoms with Crippen LogP contribution in [0.25, 0.3) is 0 Å². The summed E-state index contributed by atoms with van der Waals surface area (Å²) in [5.41, 5.74) is 1.10. The molecule has 1 heterocycles. The van der Waals surface area contributed by atoms with Crippen LogP contribution < -0.4 is 0 Å². The van der Waals surface area contributed by atoms with Crippen LogP contribution in [0.4, 0.5) is 0 Å². The zero-order chi connectivity index (χ0) is 13.7. The minimum atomic E-state index is -0.342. The van der Waals surface area contributed by atoms with Gasteiger partial charge in [0.1, 0.15) is 5.25 Å². The first-order valence-corrected chi connectivity index (χ1v) is 6.63. The highest BCUT2D eigenvalue weighted by Crippen LogP contribution is 2.21. The SMILES string of the molecule is COC(=O)C(C)Sc1nnnn1Cc1ccccc1. The van der Waals surface area contributed by atoms with Crippen LogP contribution in [-0.4, -0.2) is 38.5 Å². The zero-order valence-electron chi connectivity index (χ0n) is 10.7. The molecule has 100 valence electrons. The van der Waals surface area contributed by atoms with E-state index in [1.165, 1.54) is 18.9 Å². The molecular formula is C12H14N4O2S. The summed E-state index contributed by atoms with van der Waals surface area (Å²) in [4.78, 5) is 11.4. The molecule has 0 aliphatic heterocycles. The Labute approximate surface area is 115 Å². The maximum Gasteiger partial charge on any atom is 0.318 e. The smallest absolute Gasteiger partial charge is 0.318 e. The Balaban J connectivity index is 2.08. The summed E-state index contributed by atoms with van der Waals surface area (Å²) in [6, 6.07) is 9.88. The van der Waals surface area contributed by atoms with Gasteiger partial charge in [-0.05, 0) is 22.9 Å². The Morgan fingerprint density at radius 1 is 1.42 bits per heavy atom. The van der Waals surface area contributed by atoms with E-state index < -0.39 is 0 Å². The lowest BCUT2D eigenvalue weighted by atomic mass is 10.2. The van der Waals surface area contributed by atoms with Crippen LogP contribution in [0.1, 0.15) is 12.5 Å². The van der Waals surface area contributed by atoms with Gasteiger partial charge in [-0.2, -0.15) is 0 Å². The van der Waals surface area contributed by atoms with Crippen molar-refractivity contribution < 1.29 is 9.53 Å². The molecule has 1 aromatic heterocycles. The highest BCUT2D eigenvalue weighted by Gasteiger charge is 2.18. The molecule has 0 aliphatic rings. The van der Waals surface area contributed by atoms with Gasteiger partial charge in [-0.25, -0.2) is 4.68 Å². The van der Waals surface area contributed by atoms with E-state index in [-0.39, 0.29) is 11.2 Å². The fourth-order valence-electron chi connectivity index (χ4n) is 1.51. The summed E-state index contributed by atoms with van der Waals surface area (Å²) in [6.07, 6.45) is 0. The summed E-state index contributed by atoms with van der Waals surface area (Å²) in [5, 5.41) is 11.8. The molecule has 1 aromatic carbocycles. The predicted molar refractivity (Wildman–Crippen MR) is 70.7 cm³/mol. The Morgan fingerprint density at radius 3 is 2.84 bits per heavy atom. The summed E-state index contributed by atoms with van der Waals surface area (Å²) < 4.78 is 6.35. The van der Waals surface area contributed by atoms with Crippen LogP contribution in [0.15, 0.2) is 35.5 Å². The van der Waals surface area contributed by atoms with Gasteiger partial charge in [0.2, 0.25) is 5.16 Å². The lowest BCUT2D eigenvalue weighted by Gasteiger charge is -2.08. The molecule has 2 rings (SSSR count). The molecule has 1 unspecified atom stereocenters. The number of ether oxygens (including phenoxy) is 1. The Kier molecular flexibility index (Phi) is 4.51. The molecule has 0 aliphatic carbocycles. The third-order valence-electron chi connectivity index (χ3n) is 2.49. The number of carbonyl (C=O) groups excluding carboxylic acids is 1. The largest absolute Gasteiger partial charge is 0.468 e.